The molecule has 1 aliphatic rings. The number of carbonyl (C=O) groups is 4. The summed E-state index contributed by atoms with van der Waals surface area (Å²) in [6.07, 6.45) is -2.07. The van der Waals surface area contributed by atoms with Crippen molar-refractivity contribution < 1.29 is 38.5 Å². The molecule has 11 heteroatoms. The summed E-state index contributed by atoms with van der Waals surface area (Å²) >= 11 is 0. The minimum atomic E-state index is -1.99. The molecule has 0 bridgehead atoms. The van der Waals surface area contributed by atoms with Gasteiger partial charge in [-0.2, -0.15) is 0 Å². The van der Waals surface area contributed by atoms with E-state index >= 15 is 0 Å². The van der Waals surface area contributed by atoms with E-state index in [0.29, 0.717) is 10.9 Å². The second kappa shape index (κ2) is 14.8. The number of ketones is 1. The molecule has 256 valence electrons. The van der Waals surface area contributed by atoms with Gasteiger partial charge in [-0.05, 0) is 56.9 Å². The highest BCUT2D eigenvalue weighted by molar-refractivity contribution is 6.04. The Kier molecular flexibility index (Phi) is 10.5. The molecule has 0 saturated carbocycles. The minimum absolute atomic E-state index is 0.0304. The number of nitrogens with zero attached hydrogens (tertiary/aromatic N) is 3. The van der Waals surface area contributed by atoms with E-state index in [9.17, 15) is 24.3 Å². The van der Waals surface area contributed by atoms with Gasteiger partial charge in [0.05, 0.1) is 24.2 Å². The lowest BCUT2D eigenvalue weighted by atomic mass is 9.79. The molecule has 1 saturated heterocycles. The summed E-state index contributed by atoms with van der Waals surface area (Å²) in [7, 11) is 1.39. The summed E-state index contributed by atoms with van der Waals surface area (Å²) in [5.41, 5.74) is -0.623. The zero-order chi connectivity index (χ0) is 35.2. The van der Waals surface area contributed by atoms with E-state index in [4.69, 9.17) is 14.2 Å². The van der Waals surface area contributed by atoms with E-state index in [2.05, 4.69) is 4.98 Å². The average Bonchev–Trinajstić information content (AvgIpc) is 3.09. The number of aliphatic carboxylic acids is 1. The number of benzene rings is 3. The highest BCUT2D eigenvalue weighted by Gasteiger charge is 2.54. The number of para-hydroxylation sites is 1. The van der Waals surface area contributed by atoms with Crippen LogP contribution in [0, 0.1) is 0 Å². The van der Waals surface area contributed by atoms with Crippen molar-refractivity contribution in [2.45, 2.75) is 70.4 Å². The van der Waals surface area contributed by atoms with Crippen LogP contribution in [-0.2, 0) is 27.4 Å². The van der Waals surface area contributed by atoms with Crippen LogP contribution in [0.1, 0.15) is 61.5 Å². The highest BCUT2D eigenvalue weighted by atomic mass is 16.6. The molecule has 2 amide bonds. The van der Waals surface area contributed by atoms with Gasteiger partial charge in [0.15, 0.2) is 11.3 Å². The van der Waals surface area contributed by atoms with Crippen LogP contribution in [0.15, 0.2) is 91.0 Å². The van der Waals surface area contributed by atoms with Crippen LogP contribution >= 0.6 is 0 Å². The fraction of sp³-hybridized carbons (Fsp3) is 0.342. The summed E-state index contributed by atoms with van der Waals surface area (Å²) in [6, 6.07) is 26.7. The Bertz CT molecular complexity index is 1810. The number of carboxylic acids is 1. The number of fused-ring (bicyclic) bond motifs is 1. The predicted molar refractivity (Wildman–Crippen MR) is 182 cm³/mol. The first-order valence-corrected chi connectivity index (χ1v) is 16.1. The smallest absolute Gasteiger partial charge is 0.411 e. The third-order valence-corrected chi connectivity index (χ3v) is 8.53. The Labute approximate surface area is 285 Å². The molecule has 3 aromatic carbocycles. The number of carbonyl (C=O) groups excluding carboxylic acids is 3. The number of pyridine rings is 1. The maximum Gasteiger partial charge on any atom is 0.411 e. The van der Waals surface area contributed by atoms with Gasteiger partial charge in [0.1, 0.15) is 12.2 Å². The lowest BCUT2D eigenvalue weighted by molar-refractivity contribution is -0.155. The van der Waals surface area contributed by atoms with Crippen LogP contribution in [0.2, 0.25) is 0 Å². The number of carboxylic acid groups (broad SMARTS) is 1. The SMILES string of the molecule is COc1nc2ccccc2cc1C(=O)C[C@]1(C(=O)O)CCC(N(Cc2ccccc2)C(=O)OCc2ccccc2)CN1C(=O)OC(C)(C)C. The number of rotatable bonds is 10. The monoisotopic (exact) mass is 667 g/mol. The van der Waals surface area contributed by atoms with Crippen LogP contribution in [0.25, 0.3) is 10.9 Å². The minimum Gasteiger partial charge on any atom is -0.480 e. The fourth-order valence-corrected chi connectivity index (χ4v) is 6.06. The molecular weight excluding hydrogens is 626 g/mol. The number of Topliss-reactive ketones (excluding diaryl/α,β-unsaturated/α-hetero) is 1. The van der Waals surface area contributed by atoms with Crippen molar-refractivity contribution in [1.29, 1.82) is 0 Å². The van der Waals surface area contributed by atoms with Crippen molar-refractivity contribution in [2.24, 2.45) is 0 Å². The molecule has 2 heterocycles. The van der Waals surface area contributed by atoms with Crippen LogP contribution in [0.5, 0.6) is 5.88 Å². The number of aromatic nitrogens is 1. The van der Waals surface area contributed by atoms with Crippen LogP contribution in [-0.4, -0.2) is 74.7 Å². The van der Waals surface area contributed by atoms with Crippen LogP contribution in [0.4, 0.5) is 9.59 Å². The quantitative estimate of drug-likeness (QED) is 0.180. The number of likely N-dealkylation sites (tertiary alicyclic amines) is 1. The summed E-state index contributed by atoms with van der Waals surface area (Å²) in [6.45, 7) is 4.99. The zero-order valence-corrected chi connectivity index (χ0v) is 28.1. The maximum atomic E-state index is 14.0. The van der Waals surface area contributed by atoms with Gasteiger partial charge in [-0.15, -0.1) is 0 Å². The Morgan fingerprint density at radius 2 is 1.57 bits per heavy atom. The van der Waals surface area contributed by atoms with Crippen molar-refractivity contribution in [1.82, 2.24) is 14.8 Å². The average molecular weight is 668 g/mol. The second-order valence-electron chi connectivity index (χ2n) is 13.1. The molecule has 0 radical (unpaired) electrons. The molecule has 5 rings (SSSR count). The van der Waals surface area contributed by atoms with Gasteiger partial charge in [0, 0.05) is 24.9 Å². The molecule has 49 heavy (non-hydrogen) atoms. The summed E-state index contributed by atoms with van der Waals surface area (Å²) in [5.74, 6) is -1.87. The number of methoxy groups -OCH3 is 1. The third-order valence-electron chi connectivity index (χ3n) is 8.53. The van der Waals surface area contributed by atoms with Gasteiger partial charge < -0.3 is 19.3 Å². The Balaban J connectivity index is 1.49. The molecule has 1 aliphatic heterocycles. The molecule has 1 unspecified atom stereocenters. The number of ether oxygens (including phenoxy) is 3. The van der Waals surface area contributed by atoms with Crippen molar-refractivity contribution >= 4 is 34.8 Å². The van der Waals surface area contributed by atoms with Gasteiger partial charge in [-0.25, -0.2) is 19.4 Å². The van der Waals surface area contributed by atoms with Crippen molar-refractivity contribution in [3.63, 3.8) is 0 Å². The normalized spacial score (nSPS) is 17.6. The van der Waals surface area contributed by atoms with E-state index in [1.165, 1.54) is 12.0 Å². The van der Waals surface area contributed by atoms with Gasteiger partial charge in [0.25, 0.3) is 0 Å². The second-order valence-corrected chi connectivity index (χ2v) is 13.1. The largest absolute Gasteiger partial charge is 0.480 e. The Morgan fingerprint density at radius 1 is 0.939 bits per heavy atom. The van der Waals surface area contributed by atoms with Crippen LogP contribution in [0.3, 0.4) is 0 Å². The van der Waals surface area contributed by atoms with E-state index < -0.39 is 47.5 Å². The maximum absolute atomic E-state index is 14.0. The number of amides is 2. The van der Waals surface area contributed by atoms with Crippen molar-refractivity contribution in [3.05, 3.63) is 108 Å². The van der Waals surface area contributed by atoms with E-state index in [-0.39, 0.29) is 44.0 Å². The zero-order valence-electron chi connectivity index (χ0n) is 28.1. The predicted octanol–water partition coefficient (Wildman–Crippen LogP) is 6.88. The first-order chi connectivity index (χ1) is 23.4. The van der Waals surface area contributed by atoms with E-state index in [1.54, 1.807) is 45.0 Å². The number of hydrogen-bond donors (Lipinski definition) is 1. The molecule has 1 N–H and O–H groups in total. The van der Waals surface area contributed by atoms with Gasteiger partial charge >= 0.3 is 18.2 Å². The lowest BCUT2D eigenvalue weighted by Crippen LogP contribution is -2.65. The summed E-state index contributed by atoms with van der Waals surface area (Å²) < 4.78 is 16.9. The van der Waals surface area contributed by atoms with Gasteiger partial charge in [0.2, 0.25) is 5.88 Å². The molecule has 4 aromatic rings. The van der Waals surface area contributed by atoms with E-state index in [1.807, 2.05) is 66.7 Å². The third kappa shape index (κ3) is 8.17. The van der Waals surface area contributed by atoms with Crippen LogP contribution < -0.4 is 4.74 Å². The standard InChI is InChI=1S/C38H41N3O8/c1-37(2,3)49-36(46)41-24-29(40(23-26-13-7-5-8-14-26)35(45)48-25-27-15-9-6-10-16-27)19-20-38(41,34(43)44)22-32(42)30-21-28-17-11-12-18-31(28)39-33(30)47-4/h5-18,21,29H,19-20,22-25H2,1-4H3,(H,43,44)/t29?,38-/m0/s1. The number of hydrogen-bond acceptors (Lipinski definition) is 8. The molecule has 2 atom stereocenters. The van der Waals surface area contributed by atoms with Gasteiger partial charge in [-0.1, -0.05) is 78.9 Å². The highest BCUT2D eigenvalue weighted by Crippen LogP contribution is 2.38. The molecule has 0 spiro atoms. The number of piperidine rings is 1. The molecule has 11 nitrogen and oxygen atoms in total. The van der Waals surface area contributed by atoms with Crippen molar-refractivity contribution in [2.75, 3.05) is 13.7 Å². The first-order valence-electron chi connectivity index (χ1n) is 16.1. The van der Waals surface area contributed by atoms with E-state index in [0.717, 1.165) is 16.0 Å². The fourth-order valence-electron chi connectivity index (χ4n) is 6.06. The van der Waals surface area contributed by atoms with Crippen molar-refractivity contribution in [3.8, 4) is 5.88 Å². The molecule has 1 aromatic heterocycles. The van der Waals surface area contributed by atoms with Gasteiger partial charge in [-0.3, -0.25) is 14.6 Å². The summed E-state index contributed by atoms with van der Waals surface area (Å²) in [4.78, 5) is 62.1. The summed E-state index contributed by atoms with van der Waals surface area (Å²) in [5, 5.41) is 11.5. The molecular formula is C38H41N3O8. The lowest BCUT2D eigenvalue weighted by Gasteiger charge is -2.48. The molecule has 1 fully saturated rings. The first kappa shape index (κ1) is 34.9. The topological polar surface area (TPSA) is 136 Å². The Hall–Kier alpha value is -5.45. The Morgan fingerprint density at radius 3 is 2.20 bits per heavy atom. The molecule has 0 aliphatic carbocycles.